The van der Waals surface area contributed by atoms with E-state index >= 15 is 0 Å². The second kappa shape index (κ2) is 7.13. The summed E-state index contributed by atoms with van der Waals surface area (Å²) in [6.45, 7) is 4.27. The van der Waals surface area contributed by atoms with Crippen LogP contribution in [-0.4, -0.2) is 26.1 Å². The van der Waals surface area contributed by atoms with Gasteiger partial charge in [-0.25, -0.2) is 0 Å². The highest BCUT2D eigenvalue weighted by atomic mass is 19.4. The summed E-state index contributed by atoms with van der Waals surface area (Å²) in [5.41, 5.74) is 0.960. The Balaban J connectivity index is 2.09. The van der Waals surface area contributed by atoms with Crippen molar-refractivity contribution >= 4 is 0 Å². The van der Waals surface area contributed by atoms with Crippen LogP contribution in [0.3, 0.4) is 0 Å². The van der Waals surface area contributed by atoms with Gasteiger partial charge in [0.1, 0.15) is 5.75 Å². The molecule has 2 rings (SSSR count). The number of hydrogen-bond acceptors (Lipinski definition) is 3. The second-order valence-electron chi connectivity index (χ2n) is 5.13. The molecular weight excluding hydrogens is 283 g/mol. The Labute approximate surface area is 122 Å². The van der Waals surface area contributed by atoms with E-state index in [2.05, 4.69) is 10.1 Å². The van der Waals surface area contributed by atoms with Crippen molar-refractivity contribution in [2.24, 2.45) is 5.92 Å². The molecule has 0 radical (unpaired) electrons. The molecule has 1 aromatic rings. The predicted molar refractivity (Wildman–Crippen MR) is 73.1 cm³/mol. The van der Waals surface area contributed by atoms with Gasteiger partial charge >= 0.3 is 6.36 Å². The van der Waals surface area contributed by atoms with Gasteiger partial charge in [0.25, 0.3) is 0 Å². The largest absolute Gasteiger partial charge is 0.573 e. The lowest BCUT2D eigenvalue weighted by Crippen LogP contribution is -2.33. The summed E-state index contributed by atoms with van der Waals surface area (Å²) in [7, 11) is 0. The molecule has 0 spiro atoms. The van der Waals surface area contributed by atoms with Crippen LogP contribution in [0.1, 0.15) is 31.4 Å². The van der Waals surface area contributed by atoms with Crippen LogP contribution in [0.2, 0.25) is 0 Å². The van der Waals surface area contributed by atoms with E-state index in [1.54, 1.807) is 12.1 Å². The normalized spacial score (nSPS) is 21.0. The topological polar surface area (TPSA) is 30.5 Å². The van der Waals surface area contributed by atoms with Crippen LogP contribution in [0.4, 0.5) is 13.2 Å². The van der Waals surface area contributed by atoms with E-state index < -0.39 is 6.36 Å². The lowest BCUT2D eigenvalue weighted by Gasteiger charge is -2.31. The molecule has 0 aliphatic carbocycles. The molecule has 118 valence electrons. The maximum atomic E-state index is 12.2. The van der Waals surface area contributed by atoms with E-state index in [9.17, 15) is 13.2 Å². The Kier molecular flexibility index (Phi) is 5.47. The van der Waals surface area contributed by atoms with Crippen LogP contribution >= 0.6 is 0 Å². The van der Waals surface area contributed by atoms with Crippen molar-refractivity contribution in [2.45, 2.75) is 32.2 Å². The summed E-state index contributed by atoms with van der Waals surface area (Å²) in [6.07, 6.45) is -2.58. The summed E-state index contributed by atoms with van der Waals surface area (Å²) in [6, 6.07) is 6.18. The van der Waals surface area contributed by atoms with E-state index in [0.717, 1.165) is 31.6 Å². The van der Waals surface area contributed by atoms with E-state index in [1.165, 1.54) is 12.1 Å². The Morgan fingerprint density at radius 1 is 1.33 bits per heavy atom. The fourth-order valence-electron chi connectivity index (χ4n) is 2.68. The molecule has 1 aromatic carbocycles. The molecule has 1 aliphatic heterocycles. The van der Waals surface area contributed by atoms with E-state index in [4.69, 9.17) is 4.74 Å². The molecule has 1 saturated heterocycles. The van der Waals surface area contributed by atoms with Gasteiger partial charge in [-0.1, -0.05) is 19.1 Å². The van der Waals surface area contributed by atoms with Gasteiger partial charge in [0.15, 0.2) is 0 Å². The van der Waals surface area contributed by atoms with Gasteiger partial charge in [-0.2, -0.15) is 0 Å². The first-order valence-corrected chi connectivity index (χ1v) is 7.16. The average molecular weight is 303 g/mol. The number of nitrogens with one attached hydrogen (secondary N) is 1. The van der Waals surface area contributed by atoms with Gasteiger partial charge in [-0.15, -0.1) is 13.2 Å². The van der Waals surface area contributed by atoms with Crippen molar-refractivity contribution in [1.82, 2.24) is 5.32 Å². The van der Waals surface area contributed by atoms with E-state index in [1.807, 2.05) is 6.92 Å². The number of alkyl halides is 3. The summed E-state index contributed by atoms with van der Waals surface area (Å²) in [5, 5.41) is 3.39. The van der Waals surface area contributed by atoms with Gasteiger partial charge in [0, 0.05) is 18.6 Å². The highest BCUT2D eigenvalue weighted by Gasteiger charge is 2.31. The number of halogens is 3. The summed E-state index contributed by atoms with van der Waals surface area (Å²) in [4.78, 5) is 0. The number of benzene rings is 1. The SMILES string of the molecule is CCNC(c1ccc(OC(F)(F)F)cc1)C1CCCOC1. The van der Waals surface area contributed by atoms with Crippen molar-refractivity contribution in [2.75, 3.05) is 19.8 Å². The Morgan fingerprint density at radius 3 is 2.57 bits per heavy atom. The summed E-state index contributed by atoms with van der Waals surface area (Å²) in [5.74, 6) is 0.148. The van der Waals surface area contributed by atoms with Crippen molar-refractivity contribution < 1.29 is 22.6 Å². The van der Waals surface area contributed by atoms with E-state index in [-0.39, 0.29) is 11.8 Å². The zero-order valence-corrected chi connectivity index (χ0v) is 12.0. The highest BCUT2D eigenvalue weighted by molar-refractivity contribution is 5.29. The zero-order valence-electron chi connectivity index (χ0n) is 12.0. The summed E-state index contributed by atoms with van der Waals surface area (Å²) < 4.78 is 45.9. The molecule has 1 aliphatic rings. The zero-order chi connectivity index (χ0) is 15.3. The maximum Gasteiger partial charge on any atom is 0.573 e. The fourth-order valence-corrected chi connectivity index (χ4v) is 2.68. The smallest absolute Gasteiger partial charge is 0.406 e. The van der Waals surface area contributed by atoms with Crippen LogP contribution < -0.4 is 10.1 Å². The first-order chi connectivity index (χ1) is 9.99. The van der Waals surface area contributed by atoms with Crippen molar-refractivity contribution in [3.63, 3.8) is 0 Å². The molecule has 0 saturated carbocycles. The van der Waals surface area contributed by atoms with Gasteiger partial charge in [0.05, 0.1) is 6.61 Å². The second-order valence-corrected chi connectivity index (χ2v) is 5.13. The lowest BCUT2D eigenvalue weighted by molar-refractivity contribution is -0.274. The molecule has 6 heteroatoms. The lowest BCUT2D eigenvalue weighted by atomic mass is 9.88. The molecule has 0 bridgehead atoms. The predicted octanol–water partition coefficient (Wildman–Crippen LogP) is 3.66. The number of rotatable bonds is 5. The first kappa shape index (κ1) is 16.1. The molecule has 2 atom stereocenters. The third-order valence-electron chi connectivity index (χ3n) is 3.56. The van der Waals surface area contributed by atoms with Gasteiger partial charge in [-0.3, -0.25) is 0 Å². The van der Waals surface area contributed by atoms with E-state index in [0.29, 0.717) is 12.5 Å². The molecular formula is C15H20F3NO2. The minimum atomic E-state index is -4.65. The van der Waals surface area contributed by atoms with Crippen LogP contribution in [0.15, 0.2) is 24.3 Å². The molecule has 0 aromatic heterocycles. The highest BCUT2D eigenvalue weighted by Crippen LogP contribution is 2.31. The van der Waals surface area contributed by atoms with Crippen LogP contribution in [-0.2, 0) is 4.74 Å². The quantitative estimate of drug-likeness (QED) is 0.900. The monoisotopic (exact) mass is 303 g/mol. The number of hydrogen-bond donors (Lipinski definition) is 1. The molecule has 1 N–H and O–H groups in total. The van der Waals surface area contributed by atoms with Gasteiger partial charge in [0.2, 0.25) is 0 Å². The molecule has 1 heterocycles. The van der Waals surface area contributed by atoms with Crippen LogP contribution in [0.5, 0.6) is 5.75 Å². The molecule has 21 heavy (non-hydrogen) atoms. The third kappa shape index (κ3) is 4.89. The van der Waals surface area contributed by atoms with Crippen molar-refractivity contribution in [3.05, 3.63) is 29.8 Å². The Hall–Kier alpha value is -1.27. The Bertz CT molecular complexity index is 428. The molecule has 0 amide bonds. The Morgan fingerprint density at radius 2 is 2.05 bits per heavy atom. The van der Waals surface area contributed by atoms with Gasteiger partial charge in [-0.05, 0) is 37.1 Å². The minimum absolute atomic E-state index is 0.0928. The van der Waals surface area contributed by atoms with Crippen molar-refractivity contribution in [3.8, 4) is 5.75 Å². The van der Waals surface area contributed by atoms with Gasteiger partial charge < -0.3 is 14.8 Å². The average Bonchev–Trinajstić information content (AvgIpc) is 2.45. The summed E-state index contributed by atoms with van der Waals surface area (Å²) >= 11 is 0. The third-order valence-corrected chi connectivity index (χ3v) is 3.56. The van der Waals surface area contributed by atoms with Crippen LogP contribution in [0, 0.1) is 5.92 Å². The maximum absolute atomic E-state index is 12.2. The molecule has 2 unspecified atom stereocenters. The van der Waals surface area contributed by atoms with Crippen molar-refractivity contribution in [1.29, 1.82) is 0 Å². The standard InChI is InChI=1S/C15H20F3NO2/c1-2-19-14(12-4-3-9-20-10-12)11-5-7-13(8-6-11)21-15(16,17)18/h5-8,12,14,19H,2-4,9-10H2,1H3. The minimum Gasteiger partial charge on any atom is -0.406 e. The number of ether oxygens (including phenoxy) is 2. The molecule has 3 nitrogen and oxygen atoms in total. The molecule has 1 fully saturated rings. The van der Waals surface area contributed by atoms with Crippen LogP contribution in [0.25, 0.3) is 0 Å². The first-order valence-electron chi connectivity index (χ1n) is 7.16. The fraction of sp³-hybridized carbons (Fsp3) is 0.600.